The summed E-state index contributed by atoms with van der Waals surface area (Å²) >= 11 is 1.30. The Morgan fingerprint density at radius 3 is 2.21 bits per heavy atom. The SMILES string of the molecule is CC(C)(C(=O)N1CCN(C(=O)c2sccc2NC(=O)c2ccncc2)CC1)c1ccccc1. The van der Waals surface area contributed by atoms with E-state index in [-0.39, 0.29) is 17.7 Å². The van der Waals surface area contributed by atoms with E-state index in [1.807, 2.05) is 49.1 Å². The Hall–Kier alpha value is -3.52. The lowest BCUT2D eigenvalue weighted by atomic mass is 9.83. The summed E-state index contributed by atoms with van der Waals surface area (Å²) in [6.07, 6.45) is 3.10. The van der Waals surface area contributed by atoms with Crippen LogP contribution in [0.15, 0.2) is 66.3 Å². The molecule has 3 amide bonds. The zero-order valence-electron chi connectivity index (χ0n) is 18.7. The van der Waals surface area contributed by atoms with Crippen LogP contribution in [0.1, 0.15) is 39.4 Å². The van der Waals surface area contributed by atoms with Crippen molar-refractivity contribution in [2.75, 3.05) is 31.5 Å². The van der Waals surface area contributed by atoms with Crippen LogP contribution in [-0.4, -0.2) is 58.7 Å². The van der Waals surface area contributed by atoms with Gasteiger partial charge in [-0.25, -0.2) is 0 Å². The van der Waals surface area contributed by atoms with E-state index < -0.39 is 5.41 Å². The number of benzene rings is 1. The van der Waals surface area contributed by atoms with Crippen LogP contribution >= 0.6 is 11.3 Å². The molecular formula is C25H26N4O3S. The van der Waals surface area contributed by atoms with E-state index in [9.17, 15) is 14.4 Å². The number of nitrogens with one attached hydrogen (secondary N) is 1. The van der Waals surface area contributed by atoms with E-state index in [2.05, 4.69) is 10.3 Å². The molecule has 1 aliphatic heterocycles. The van der Waals surface area contributed by atoms with Gasteiger partial charge in [0.2, 0.25) is 5.91 Å². The second-order valence-corrected chi connectivity index (χ2v) is 9.34. The first-order valence-electron chi connectivity index (χ1n) is 10.8. The summed E-state index contributed by atoms with van der Waals surface area (Å²) in [6.45, 7) is 5.73. The monoisotopic (exact) mass is 462 g/mol. The van der Waals surface area contributed by atoms with Gasteiger partial charge in [0.1, 0.15) is 4.88 Å². The summed E-state index contributed by atoms with van der Waals surface area (Å²) < 4.78 is 0. The number of carbonyl (C=O) groups is 3. The molecule has 1 aromatic carbocycles. The summed E-state index contributed by atoms with van der Waals surface area (Å²) in [5.41, 5.74) is 1.31. The van der Waals surface area contributed by atoms with Crippen LogP contribution in [-0.2, 0) is 10.2 Å². The molecule has 3 aromatic rings. The third-order valence-corrected chi connectivity index (χ3v) is 6.84. The second-order valence-electron chi connectivity index (χ2n) is 8.43. The van der Waals surface area contributed by atoms with Gasteiger partial charge in [0.25, 0.3) is 11.8 Å². The van der Waals surface area contributed by atoms with E-state index >= 15 is 0 Å². The first-order chi connectivity index (χ1) is 15.9. The van der Waals surface area contributed by atoms with Crippen molar-refractivity contribution in [1.82, 2.24) is 14.8 Å². The highest BCUT2D eigenvalue weighted by Gasteiger charge is 2.36. The number of thiophene rings is 1. The molecule has 4 rings (SSSR count). The van der Waals surface area contributed by atoms with Gasteiger partial charge in [0.05, 0.1) is 11.1 Å². The van der Waals surface area contributed by atoms with Crippen molar-refractivity contribution in [2.45, 2.75) is 19.3 Å². The van der Waals surface area contributed by atoms with Crippen molar-refractivity contribution in [3.8, 4) is 0 Å². The Bertz CT molecular complexity index is 1140. The molecule has 1 saturated heterocycles. The maximum Gasteiger partial charge on any atom is 0.266 e. The molecule has 0 aliphatic carbocycles. The van der Waals surface area contributed by atoms with E-state index in [1.165, 1.54) is 11.3 Å². The number of hydrogen-bond acceptors (Lipinski definition) is 5. The normalized spacial score (nSPS) is 14.1. The first-order valence-corrected chi connectivity index (χ1v) is 11.7. The number of aromatic nitrogens is 1. The summed E-state index contributed by atoms with van der Waals surface area (Å²) in [5.74, 6) is -0.366. The van der Waals surface area contributed by atoms with E-state index in [4.69, 9.17) is 0 Å². The molecule has 8 heteroatoms. The van der Waals surface area contributed by atoms with Crippen LogP contribution in [0.25, 0.3) is 0 Å². The van der Waals surface area contributed by atoms with Gasteiger partial charge in [-0.2, -0.15) is 0 Å². The average Bonchev–Trinajstić information content (AvgIpc) is 3.32. The Morgan fingerprint density at radius 2 is 1.55 bits per heavy atom. The molecule has 170 valence electrons. The van der Waals surface area contributed by atoms with Gasteiger partial charge in [-0.3, -0.25) is 19.4 Å². The van der Waals surface area contributed by atoms with Crippen LogP contribution < -0.4 is 5.32 Å². The zero-order chi connectivity index (χ0) is 23.4. The largest absolute Gasteiger partial charge is 0.338 e. The fourth-order valence-electron chi connectivity index (χ4n) is 3.90. The van der Waals surface area contributed by atoms with Gasteiger partial charge in [0, 0.05) is 44.1 Å². The molecule has 0 unspecified atom stereocenters. The third-order valence-electron chi connectivity index (χ3n) is 5.93. The van der Waals surface area contributed by atoms with Gasteiger partial charge < -0.3 is 15.1 Å². The summed E-state index contributed by atoms with van der Waals surface area (Å²) in [7, 11) is 0. The lowest BCUT2D eigenvalue weighted by Crippen LogP contribution is -2.54. The van der Waals surface area contributed by atoms with Crippen LogP contribution in [0.5, 0.6) is 0 Å². The minimum absolute atomic E-state index is 0.0576. The molecule has 0 saturated carbocycles. The Morgan fingerprint density at radius 1 is 0.909 bits per heavy atom. The van der Waals surface area contributed by atoms with Crippen molar-refractivity contribution in [3.63, 3.8) is 0 Å². The minimum Gasteiger partial charge on any atom is -0.338 e. The highest BCUT2D eigenvalue weighted by atomic mass is 32.1. The van der Waals surface area contributed by atoms with Crippen LogP contribution in [0, 0.1) is 0 Å². The molecule has 0 spiro atoms. The van der Waals surface area contributed by atoms with Gasteiger partial charge in [-0.15, -0.1) is 11.3 Å². The molecule has 1 aliphatic rings. The molecule has 0 atom stereocenters. The number of amides is 3. The highest BCUT2D eigenvalue weighted by molar-refractivity contribution is 7.12. The summed E-state index contributed by atoms with van der Waals surface area (Å²) in [6, 6.07) is 14.7. The van der Waals surface area contributed by atoms with Gasteiger partial charge in [-0.1, -0.05) is 30.3 Å². The maximum absolute atomic E-state index is 13.2. The van der Waals surface area contributed by atoms with Crippen molar-refractivity contribution in [3.05, 3.63) is 82.3 Å². The fraction of sp³-hybridized carbons (Fsp3) is 0.280. The summed E-state index contributed by atoms with van der Waals surface area (Å²) in [4.78, 5) is 46.8. The topological polar surface area (TPSA) is 82.6 Å². The minimum atomic E-state index is -0.633. The molecule has 7 nitrogen and oxygen atoms in total. The van der Waals surface area contributed by atoms with Crippen LogP contribution in [0.4, 0.5) is 5.69 Å². The molecular weight excluding hydrogens is 436 g/mol. The Labute approximate surface area is 197 Å². The lowest BCUT2D eigenvalue weighted by molar-refractivity contribution is -0.137. The smallest absolute Gasteiger partial charge is 0.266 e. The Kier molecular flexibility index (Phi) is 6.55. The van der Waals surface area contributed by atoms with E-state index in [1.54, 1.807) is 40.9 Å². The highest BCUT2D eigenvalue weighted by Crippen LogP contribution is 2.28. The Balaban J connectivity index is 1.39. The molecule has 0 radical (unpaired) electrons. The molecule has 3 heterocycles. The second kappa shape index (κ2) is 9.54. The van der Waals surface area contributed by atoms with Crippen molar-refractivity contribution in [1.29, 1.82) is 0 Å². The van der Waals surface area contributed by atoms with Crippen molar-refractivity contribution < 1.29 is 14.4 Å². The number of piperazine rings is 1. The molecule has 2 aromatic heterocycles. The molecule has 1 fully saturated rings. The molecule has 0 bridgehead atoms. The quantitative estimate of drug-likeness (QED) is 0.627. The number of nitrogens with zero attached hydrogens (tertiary/aromatic N) is 3. The van der Waals surface area contributed by atoms with Crippen LogP contribution in [0.2, 0.25) is 0 Å². The zero-order valence-corrected chi connectivity index (χ0v) is 19.5. The van der Waals surface area contributed by atoms with E-state index in [0.717, 1.165) is 5.56 Å². The van der Waals surface area contributed by atoms with Crippen LogP contribution in [0.3, 0.4) is 0 Å². The number of rotatable bonds is 5. The fourth-order valence-corrected chi connectivity index (χ4v) is 4.72. The van der Waals surface area contributed by atoms with Gasteiger partial charge in [-0.05, 0) is 43.0 Å². The number of hydrogen-bond donors (Lipinski definition) is 1. The number of pyridine rings is 1. The predicted molar refractivity (Wildman–Crippen MR) is 128 cm³/mol. The average molecular weight is 463 g/mol. The third kappa shape index (κ3) is 4.80. The standard InChI is InChI=1S/C25H26N4O3S/c1-25(2,19-6-4-3-5-7-19)24(32)29-15-13-28(14-16-29)23(31)21-20(10-17-33-21)27-22(30)18-8-11-26-12-9-18/h3-12,17H,13-16H2,1-2H3,(H,27,30). The maximum atomic E-state index is 13.2. The van der Waals surface area contributed by atoms with Crippen molar-refractivity contribution >= 4 is 34.7 Å². The first kappa shape index (κ1) is 22.7. The predicted octanol–water partition coefficient (Wildman–Crippen LogP) is 3.66. The summed E-state index contributed by atoms with van der Waals surface area (Å²) in [5, 5.41) is 4.61. The molecule has 1 N–H and O–H groups in total. The van der Waals surface area contributed by atoms with Gasteiger partial charge >= 0.3 is 0 Å². The van der Waals surface area contributed by atoms with Gasteiger partial charge in [0.15, 0.2) is 0 Å². The lowest BCUT2D eigenvalue weighted by Gasteiger charge is -2.38. The van der Waals surface area contributed by atoms with E-state index in [0.29, 0.717) is 42.3 Å². The number of carbonyl (C=O) groups excluding carboxylic acids is 3. The van der Waals surface area contributed by atoms with Crippen molar-refractivity contribution in [2.24, 2.45) is 0 Å². The number of anilines is 1. The molecule has 33 heavy (non-hydrogen) atoms.